The highest BCUT2D eigenvalue weighted by Gasteiger charge is 2.19. The smallest absolute Gasteiger partial charge is 0.332 e. The lowest BCUT2D eigenvalue weighted by molar-refractivity contribution is -0.119. The Hall–Kier alpha value is -2.16. The monoisotopic (exact) mass is 377 g/mol. The molecule has 0 saturated heterocycles. The maximum absolute atomic E-state index is 12.6. The molecule has 0 unspecified atom stereocenters. The minimum atomic E-state index is -0.446. The quantitative estimate of drug-likeness (QED) is 0.627. The number of aryl methyl sites for hydroxylation is 2. The first-order chi connectivity index (χ1) is 12.4. The largest absolute Gasteiger partial charge is 0.353 e. The van der Waals surface area contributed by atoms with Crippen LogP contribution < -0.4 is 16.6 Å². The highest BCUT2D eigenvalue weighted by atomic mass is 32.2. The highest BCUT2D eigenvalue weighted by Crippen LogP contribution is 2.22. The van der Waals surface area contributed by atoms with Gasteiger partial charge in [0.1, 0.15) is 16.2 Å². The van der Waals surface area contributed by atoms with Gasteiger partial charge in [0.2, 0.25) is 5.91 Å². The van der Waals surface area contributed by atoms with Gasteiger partial charge in [-0.2, -0.15) is 0 Å². The molecule has 1 amide bonds. The van der Waals surface area contributed by atoms with Crippen LogP contribution >= 0.6 is 11.8 Å². The molecular formula is C17H23N5O3S. The van der Waals surface area contributed by atoms with Crippen LogP contribution in [-0.2, 0) is 18.9 Å². The van der Waals surface area contributed by atoms with E-state index in [9.17, 15) is 14.4 Å². The number of hydrogen-bond donors (Lipinski definition) is 1. The summed E-state index contributed by atoms with van der Waals surface area (Å²) in [4.78, 5) is 45.5. The average molecular weight is 377 g/mol. The van der Waals surface area contributed by atoms with Crippen molar-refractivity contribution in [3.63, 3.8) is 0 Å². The topological polar surface area (TPSA) is 98.9 Å². The molecule has 1 aliphatic carbocycles. The molecule has 1 N–H and O–H groups in total. The fourth-order valence-electron chi connectivity index (χ4n) is 3.29. The zero-order valence-electron chi connectivity index (χ0n) is 15.2. The Morgan fingerprint density at radius 1 is 1.15 bits per heavy atom. The minimum absolute atomic E-state index is 0.0621. The molecule has 1 saturated carbocycles. The van der Waals surface area contributed by atoms with Gasteiger partial charge in [-0.25, -0.2) is 14.8 Å². The average Bonchev–Trinajstić information content (AvgIpc) is 2.63. The first kappa shape index (κ1) is 18.6. The van der Waals surface area contributed by atoms with E-state index in [0.29, 0.717) is 16.5 Å². The second kappa shape index (κ2) is 7.61. The normalized spacial score (nSPS) is 15.3. The predicted octanol–water partition coefficient (Wildman–Crippen LogP) is 0.877. The standard InChI is InChI=1S/C17H23N5O3S/c1-10-18-14-13(16(24)22(3)17(25)21(14)2)15(19-10)26-9-12(23)20-11-7-5-4-6-8-11/h11H,4-9H2,1-3H3,(H,20,23). The van der Waals surface area contributed by atoms with Gasteiger partial charge in [0.05, 0.1) is 5.75 Å². The fourth-order valence-corrected chi connectivity index (χ4v) is 4.16. The van der Waals surface area contributed by atoms with Crippen molar-refractivity contribution in [2.75, 3.05) is 5.75 Å². The molecule has 0 aliphatic heterocycles. The Bertz CT molecular complexity index is 959. The zero-order valence-corrected chi connectivity index (χ0v) is 16.1. The van der Waals surface area contributed by atoms with E-state index in [2.05, 4.69) is 15.3 Å². The van der Waals surface area contributed by atoms with Crippen LogP contribution in [0.1, 0.15) is 37.9 Å². The molecule has 9 heteroatoms. The number of hydrogen-bond acceptors (Lipinski definition) is 6. The van der Waals surface area contributed by atoms with E-state index < -0.39 is 11.2 Å². The Morgan fingerprint density at radius 3 is 2.54 bits per heavy atom. The molecule has 0 radical (unpaired) electrons. The molecule has 1 fully saturated rings. The van der Waals surface area contributed by atoms with Gasteiger partial charge < -0.3 is 5.32 Å². The van der Waals surface area contributed by atoms with E-state index in [1.165, 1.54) is 29.8 Å². The van der Waals surface area contributed by atoms with Gasteiger partial charge >= 0.3 is 5.69 Å². The summed E-state index contributed by atoms with van der Waals surface area (Å²) in [5.74, 6) is 0.567. The van der Waals surface area contributed by atoms with Crippen molar-refractivity contribution >= 4 is 28.7 Å². The second-order valence-corrected chi connectivity index (χ2v) is 7.64. The van der Waals surface area contributed by atoms with E-state index in [1.807, 2.05) is 0 Å². The number of rotatable bonds is 4. The van der Waals surface area contributed by atoms with Gasteiger partial charge in [0.15, 0.2) is 5.65 Å². The van der Waals surface area contributed by atoms with Crippen LogP contribution in [0.5, 0.6) is 0 Å². The maximum Gasteiger partial charge on any atom is 0.332 e. The molecule has 1 aliphatic rings. The Labute approximate surface area is 155 Å². The number of fused-ring (bicyclic) bond motifs is 1. The molecule has 3 rings (SSSR count). The molecule has 0 bridgehead atoms. The van der Waals surface area contributed by atoms with Crippen LogP contribution in [0.15, 0.2) is 14.6 Å². The van der Waals surface area contributed by atoms with Gasteiger partial charge in [0.25, 0.3) is 5.56 Å². The molecule has 26 heavy (non-hydrogen) atoms. The molecule has 8 nitrogen and oxygen atoms in total. The molecular weight excluding hydrogens is 354 g/mol. The number of carbonyl (C=O) groups is 1. The van der Waals surface area contributed by atoms with Gasteiger partial charge in [-0.15, -0.1) is 0 Å². The summed E-state index contributed by atoms with van der Waals surface area (Å²) in [5.41, 5.74) is -0.592. The molecule has 2 heterocycles. The van der Waals surface area contributed by atoms with Crippen molar-refractivity contribution in [2.24, 2.45) is 14.1 Å². The summed E-state index contributed by atoms with van der Waals surface area (Å²) in [6.45, 7) is 1.70. The third-order valence-corrected chi connectivity index (χ3v) is 5.66. The van der Waals surface area contributed by atoms with Gasteiger partial charge in [0, 0.05) is 20.1 Å². The first-order valence-corrected chi connectivity index (χ1v) is 9.73. The van der Waals surface area contributed by atoms with Crippen LogP contribution in [0, 0.1) is 6.92 Å². The molecule has 2 aromatic heterocycles. The predicted molar refractivity (Wildman–Crippen MR) is 100 cm³/mol. The second-order valence-electron chi connectivity index (χ2n) is 6.67. The van der Waals surface area contributed by atoms with E-state index in [-0.39, 0.29) is 23.1 Å². The van der Waals surface area contributed by atoms with E-state index in [1.54, 1.807) is 14.0 Å². The van der Waals surface area contributed by atoms with Crippen LogP contribution in [0.25, 0.3) is 11.0 Å². The van der Waals surface area contributed by atoms with Crippen molar-refractivity contribution in [1.82, 2.24) is 24.4 Å². The van der Waals surface area contributed by atoms with Gasteiger partial charge in [-0.05, 0) is 19.8 Å². The molecule has 2 aromatic rings. The number of aromatic nitrogens is 4. The Balaban J connectivity index is 1.87. The molecule has 140 valence electrons. The lowest BCUT2D eigenvalue weighted by Crippen LogP contribution is -2.38. The van der Waals surface area contributed by atoms with Crippen LogP contribution in [-0.4, -0.2) is 36.8 Å². The third kappa shape index (κ3) is 3.67. The summed E-state index contributed by atoms with van der Waals surface area (Å²) in [6.07, 6.45) is 5.58. The first-order valence-electron chi connectivity index (χ1n) is 8.75. The lowest BCUT2D eigenvalue weighted by Gasteiger charge is -2.22. The molecule has 0 atom stereocenters. The van der Waals surface area contributed by atoms with Crippen LogP contribution in [0.2, 0.25) is 0 Å². The van der Waals surface area contributed by atoms with Crippen molar-refractivity contribution in [2.45, 2.75) is 50.1 Å². The summed E-state index contributed by atoms with van der Waals surface area (Å²) < 4.78 is 2.37. The summed E-state index contributed by atoms with van der Waals surface area (Å²) in [6, 6.07) is 0.245. The van der Waals surface area contributed by atoms with Gasteiger partial charge in [-0.3, -0.25) is 18.7 Å². The molecule has 0 spiro atoms. The molecule has 0 aromatic carbocycles. The van der Waals surface area contributed by atoms with Gasteiger partial charge in [-0.1, -0.05) is 31.0 Å². The third-order valence-electron chi connectivity index (χ3n) is 4.69. The minimum Gasteiger partial charge on any atom is -0.353 e. The number of nitrogens with zero attached hydrogens (tertiary/aromatic N) is 4. The van der Waals surface area contributed by atoms with E-state index >= 15 is 0 Å². The van der Waals surface area contributed by atoms with Crippen molar-refractivity contribution in [3.8, 4) is 0 Å². The zero-order chi connectivity index (χ0) is 18.8. The fraction of sp³-hybridized carbons (Fsp3) is 0.588. The lowest BCUT2D eigenvalue weighted by atomic mass is 9.95. The van der Waals surface area contributed by atoms with Crippen molar-refractivity contribution in [3.05, 3.63) is 26.7 Å². The summed E-state index contributed by atoms with van der Waals surface area (Å²) >= 11 is 1.21. The summed E-state index contributed by atoms with van der Waals surface area (Å²) in [5, 5.41) is 3.76. The van der Waals surface area contributed by atoms with E-state index in [4.69, 9.17) is 0 Å². The SMILES string of the molecule is Cc1nc(SCC(=O)NC2CCCCC2)c2c(=O)n(C)c(=O)n(C)c2n1. The summed E-state index contributed by atoms with van der Waals surface area (Å²) in [7, 11) is 3.00. The number of thioether (sulfide) groups is 1. The van der Waals surface area contributed by atoms with Crippen LogP contribution in [0.3, 0.4) is 0 Å². The number of carbonyl (C=O) groups excluding carboxylic acids is 1. The van der Waals surface area contributed by atoms with Crippen molar-refractivity contribution < 1.29 is 4.79 Å². The number of amides is 1. The van der Waals surface area contributed by atoms with E-state index in [0.717, 1.165) is 30.3 Å². The maximum atomic E-state index is 12.6. The Kier molecular flexibility index (Phi) is 5.45. The highest BCUT2D eigenvalue weighted by molar-refractivity contribution is 8.00. The number of nitrogens with one attached hydrogen (secondary N) is 1. The Morgan fingerprint density at radius 2 is 1.85 bits per heavy atom. The van der Waals surface area contributed by atoms with Crippen LogP contribution in [0.4, 0.5) is 0 Å². The van der Waals surface area contributed by atoms with Crippen molar-refractivity contribution in [1.29, 1.82) is 0 Å².